The smallest absolute Gasteiger partial charge is 0.313 e. The average Bonchev–Trinajstić information content (AvgIpc) is 3.26. The van der Waals surface area contributed by atoms with Crippen molar-refractivity contribution in [2.75, 3.05) is 65.7 Å². The molecule has 5 heterocycles. The largest absolute Gasteiger partial charge is 0.465 e. The summed E-state index contributed by atoms with van der Waals surface area (Å²) in [4.78, 5) is 47.8. The number of nitrogens with zero attached hydrogens (tertiary/aromatic N) is 3. The maximum atomic E-state index is 14.3. The monoisotopic (exact) mass is 545 g/mol. The molecular weight excluding hydrogens is 502 g/mol. The van der Waals surface area contributed by atoms with E-state index in [0.29, 0.717) is 52.3 Å². The van der Waals surface area contributed by atoms with Crippen molar-refractivity contribution in [1.29, 1.82) is 0 Å². The minimum absolute atomic E-state index is 0.0860. The molecule has 5 aliphatic rings. The van der Waals surface area contributed by atoms with Crippen molar-refractivity contribution in [2.24, 2.45) is 11.8 Å². The zero-order chi connectivity index (χ0) is 27.5. The third-order valence-electron chi connectivity index (χ3n) is 8.93. The normalized spacial score (nSPS) is 36.3. The van der Waals surface area contributed by atoms with Gasteiger partial charge in [-0.1, -0.05) is 24.3 Å². The summed E-state index contributed by atoms with van der Waals surface area (Å²) in [5.74, 6) is -2.50. The van der Waals surface area contributed by atoms with Crippen molar-refractivity contribution in [1.82, 2.24) is 14.7 Å². The number of amides is 2. The van der Waals surface area contributed by atoms with Crippen LogP contribution >= 0.6 is 0 Å². The minimum atomic E-state index is -1.25. The minimum Gasteiger partial charge on any atom is -0.465 e. The number of allylic oxidation sites excluding steroid dienone is 1. The Hall–Kier alpha value is -2.27. The standard InChI is InChI=1S/C29H43N3O7/c1-28-10-5-2-3-8-19-38-27(36)23(28)22-25(34)32(13-6-4-7-18-33)24-26(35)31(12-9-11-29(22,24)39-28)15-14-30-16-20-37-21-17-30/h5,9-11,22-24,33H,2-4,6-8,12-21H2,1H3/b10-5-/t22-,23-,24?,28+,29-/m0/s1. The number of unbranched alkanes of at least 4 members (excludes halogenated alkanes) is 2. The van der Waals surface area contributed by atoms with E-state index in [9.17, 15) is 19.5 Å². The summed E-state index contributed by atoms with van der Waals surface area (Å²) in [7, 11) is 0. The first kappa shape index (κ1) is 28.3. The van der Waals surface area contributed by atoms with Gasteiger partial charge in [0.05, 0.1) is 31.3 Å². The second-order valence-corrected chi connectivity index (χ2v) is 11.5. The van der Waals surface area contributed by atoms with E-state index in [1.807, 2.05) is 36.1 Å². The number of rotatable bonds is 8. The molecule has 0 saturated carbocycles. The third-order valence-corrected chi connectivity index (χ3v) is 8.93. The Labute approximate surface area is 230 Å². The SMILES string of the molecule is C[C@@]12/C=C\CCCCOC(=O)[C@@H]1[C@H]1C(=O)N(CCCCCO)C3C(=O)N(CCN4CCOCC4)CC=C[C@@]31O2. The number of esters is 1. The maximum Gasteiger partial charge on any atom is 0.313 e. The lowest BCUT2D eigenvalue weighted by atomic mass is 9.74. The molecule has 0 aromatic rings. The Bertz CT molecular complexity index is 980. The van der Waals surface area contributed by atoms with Crippen molar-refractivity contribution in [2.45, 2.75) is 62.7 Å². The van der Waals surface area contributed by atoms with Crippen molar-refractivity contribution < 1.29 is 33.7 Å². The summed E-state index contributed by atoms with van der Waals surface area (Å²) in [6.45, 7) is 7.35. The second kappa shape index (κ2) is 12.1. The summed E-state index contributed by atoms with van der Waals surface area (Å²) in [6, 6.07) is -0.858. The van der Waals surface area contributed by atoms with E-state index in [1.165, 1.54) is 0 Å². The van der Waals surface area contributed by atoms with E-state index in [4.69, 9.17) is 14.2 Å². The van der Waals surface area contributed by atoms with Crippen LogP contribution in [0.5, 0.6) is 0 Å². The van der Waals surface area contributed by atoms with Gasteiger partial charge >= 0.3 is 5.97 Å². The van der Waals surface area contributed by atoms with Crippen LogP contribution in [0.2, 0.25) is 0 Å². The molecule has 1 unspecified atom stereocenters. The maximum absolute atomic E-state index is 14.3. The predicted octanol–water partition coefficient (Wildman–Crippen LogP) is 1.13. The molecule has 216 valence electrons. The van der Waals surface area contributed by atoms with Gasteiger partial charge in [0.25, 0.3) is 0 Å². The van der Waals surface area contributed by atoms with Crippen LogP contribution in [0.3, 0.4) is 0 Å². The van der Waals surface area contributed by atoms with E-state index in [1.54, 1.807) is 4.90 Å². The van der Waals surface area contributed by atoms with Gasteiger partial charge in [-0.15, -0.1) is 0 Å². The highest BCUT2D eigenvalue weighted by Crippen LogP contribution is 2.57. The summed E-state index contributed by atoms with van der Waals surface area (Å²) < 4.78 is 18.0. The molecule has 0 radical (unpaired) electrons. The molecule has 10 nitrogen and oxygen atoms in total. The fourth-order valence-corrected chi connectivity index (χ4v) is 6.94. The Morgan fingerprint density at radius 3 is 2.54 bits per heavy atom. The topological polar surface area (TPSA) is 109 Å². The molecule has 10 heteroatoms. The van der Waals surface area contributed by atoms with Crippen molar-refractivity contribution in [3.8, 4) is 0 Å². The Balaban J connectivity index is 1.48. The first-order valence-electron chi connectivity index (χ1n) is 14.6. The molecular formula is C29H43N3O7. The van der Waals surface area contributed by atoms with Crippen molar-refractivity contribution >= 4 is 17.8 Å². The number of aliphatic hydroxyl groups is 1. The van der Waals surface area contributed by atoms with Gasteiger partial charge < -0.3 is 29.1 Å². The van der Waals surface area contributed by atoms with Crippen LogP contribution in [0.4, 0.5) is 0 Å². The fourth-order valence-electron chi connectivity index (χ4n) is 6.94. The van der Waals surface area contributed by atoms with E-state index < -0.39 is 35.0 Å². The van der Waals surface area contributed by atoms with Crippen LogP contribution in [0.15, 0.2) is 24.3 Å². The van der Waals surface area contributed by atoms with Crippen LogP contribution in [-0.4, -0.2) is 121 Å². The Morgan fingerprint density at radius 1 is 0.923 bits per heavy atom. The zero-order valence-corrected chi connectivity index (χ0v) is 23.1. The van der Waals surface area contributed by atoms with Gasteiger partial charge in [0.15, 0.2) is 0 Å². The van der Waals surface area contributed by atoms with Gasteiger partial charge in [-0.2, -0.15) is 0 Å². The van der Waals surface area contributed by atoms with Crippen molar-refractivity contribution in [3.05, 3.63) is 24.3 Å². The Morgan fingerprint density at radius 2 is 1.74 bits per heavy atom. The number of carbonyl (C=O) groups excluding carboxylic acids is 3. The number of fused-ring (bicyclic) bond motifs is 2. The van der Waals surface area contributed by atoms with Gasteiger partial charge in [-0.25, -0.2) is 0 Å². The highest BCUT2D eigenvalue weighted by molar-refractivity contribution is 5.99. The molecule has 5 atom stereocenters. The first-order chi connectivity index (χ1) is 18.9. The third kappa shape index (κ3) is 5.40. The molecule has 1 spiro atoms. The van der Waals surface area contributed by atoms with Crippen LogP contribution < -0.4 is 0 Å². The Kier molecular flexibility index (Phi) is 8.75. The molecule has 1 N–H and O–H groups in total. The molecule has 39 heavy (non-hydrogen) atoms. The van der Waals surface area contributed by atoms with E-state index in [-0.39, 0.29) is 18.4 Å². The van der Waals surface area contributed by atoms with E-state index in [2.05, 4.69) is 4.90 Å². The molecule has 0 aliphatic carbocycles. The highest BCUT2D eigenvalue weighted by atomic mass is 16.6. The lowest BCUT2D eigenvalue weighted by Crippen LogP contribution is -2.56. The van der Waals surface area contributed by atoms with Crippen molar-refractivity contribution in [3.63, 3.8) is 0 Å². The zero-order valence-electron chi connectivity index (χ0n) is 23.1. The van der Waals surface area contributed by atoms with Crippen LogP contribution in [0.25, 0.3) is 0 Å². The van der Waals surface area contributed by atoms with Gasteiger partial charge in [0, 0.05) is 45.9 Å². The number of likely N-dealkylation sites (tertiary alicyclic amines) is 1. The molecule has 2 amide bonds. The second-order valence-electron chi connectivity index (χ2n) is 11.5. The molecule has 3 saturated heterocycles. The average molecular weight is 546 g/mol. The van der Waals surface area contributed by atoms with Gasteiger partial charge in [-0.05, 0) is 45.4 Å². The summed E-state index contributed by atoms with van der Waals surface area (Å²) >= 11 is 0. The molecule has 0 aromatic heterocycles. The quantitative estimate of drug-likeness (QED) is 0.275. The first-order valence-corrected chi connectivity index (χ1v) is 14.6. The number of hydrogen-bond donors (Lipinski definition) is 1. The lowest BCUT2D eigenvalue weighted by molar-refractivity contribution is -0.160. The summed E-state index contributed by atoms with van der Waals surface area (Å²) in [5.41, 5.74) is -2.32. The van der Waals surface area contributed by atoms with E-state index >= 15 is 0 Å². The number of aliphatic hydroxyl groups excluding tert-OH is 1. The fraction of sp³-hybridized carbons (Fsp3) is 0.759. The van der Waals surface area contributed by atoms with Gasteiger partial charge in [-0.3, -0.25) is 19.3 Å². The number of morpholine rings is 1. The number of ether oxygens (including phenoxy) is 3. The van der Waals surface area contributed by atoms with Crippen LogP contribution in [-0.2, 0) is 28.6 Å². The van der Waals surface area contributed by atoms with Gasteiger partial charge in [0.2, 0.25) is 11.8 Å². The highest BCUT2D eigenvalue weighted by Gasteiger charge is 2.74. The van der Waals surface area contributed by atoms with Crippen LogP contribution in [0, 0.1) is 11.8 Å². The van der Waals surface area contributed by atoms with Gasteiger partial charge in [0.1, 0.15) is 17.6 Å². The molecule has 0 bridgehead atoms. The molecule has 0 aromatic carbocycles. The van der Waals surface area contributed by atoms with Crippen LogP contribution in [0.1, 0.15) is 45.4 Å². The number of carbonyl (C=O) groups is 3. The molecule has 3 fully saturated rings. The molecule has 5 aliphatic heterocycles. The lowest BCUT2D eigenvalue weighted by Gasteiger charge is -2.38. The van der Waals surface area contributed by atoms with E-state index in [0.717, 1.165) is 45.3 Å². The number of hydrogen-bond acceptors (Lipinski definition) is 8. The number of cyclic esters (lactones) is 1. The summed E-state index contributed by atoms with van der Waals surface area (Å²) in [5, 5.41) is 9.25. The molecule has 5 rings (SSSR count). The predicted molar refractivity (Wildman–Crippen MR) is 143 cm³/mol. The summed E-state index contributed by atoms with van der Waals surface area (Å²) in [6.07, 6.45) is 12.3.